The molecule has 8 heteroatoms. The van der Waals surface area contributed by atoms with Gasteiger partial charge in [-0.05, 0) is 92.0 Å². The van der Waals surface area contributed by atoms with Gasteiger partial charge in [-0.2, -0.15) is 13.2 Å². The van der Waals surface area contributed by atoms with Crippen molar-refractivity contribution in [3.63, 3.8) is 0 Å². The predicted molar refractivity (Wildman–Crippen MR) is 132 cm³/mol. The van der Waals surface area contributed by atoms with Gasteiger partial charge in [0.25, 0.3) is 0 Å². The molecule has 0 bridgehead atoms. The summed E-state index contributed by atoms with van der Waals surface area (Å²) in [5, 5.41) is 0. The molecule has 2 aromatic carbocycles. The molecule has 38 heavy (non-hydrogen) atoms. The van der Waals surface area contributed by atoms with Gasteiger partial charge in [0.1, 0.15) is 23.0 Å². The second-order valence-electron chi connectivity index (χ2n) is 10.9. The lowest BCUT2D eigenvalue weighted by Gasteiger charge is -2.38. The van der Waals surface area contributed by atoms with Gasteiger partial charge in [-0.15, -0.1) is 0 Å². The zero-order valence-electron chi connectivity index (χ0n) is 21.3. The third-order valence-corrected chi connectivity index (χ3v) is 8.50. The maximum atomic E-state index is 14.8. The Hall–Kier alpha value is -2.38. The summed E-state index contributed by atoms with van der Waals surface area (Å²) in [5.74, 6) is -6.45. The van der Waals surface area contributed by atoms with E-state index in [1.807, 2.05) is 0 Å². The standard InChI is InChI=1S/C30H32F8/c1-2-3-17-4-6-18(7-5-17)19-8-10-20(11-9-19)21-12-13-23(24(31)14-21)29(35)28(34)22-15-25(32)27(26(33)16-22)30(36,37)38/h12-20H,2-11H2,1H3. The quantitative estimate of drug-likeness (QED) is 0.251. The first kappa shape index (κ1) is 28.6. The number of alkyl halides is 3. The summed E-state index contributed by atoms with van der Waals surface area (Å²) in [4.78, 5) is 0. The summed E-state index contributed by atoms with van der Waals surface area (Å²) in [6.45, 7) is 2.23. The van der Waals surface area contributed by atoms with Gasteiger partial charge in [-0.3, -0.25) is 0 Å². The molecule has 0 spiro atoms. The van der Waals surface area contributed by atoms with Gasteiger partial charge in [-0.1, -0.05) is 38.7 Å². The summed E-state index contributed by atoms with van der Waals surface area (Å²) in [6, 6.07) is 3.82. The summed E-state index contributed by atoms with van der Waals surface area (Å²) < 4.78 is 110. The average Bonchev–Trinajstić information content (AvgIpc) is 2.87. The Morgan fingerprint density at radius 2 is 1.29 bits per heavy atom. The van der Waals surface area contributed by atoms with Crippen molar-refractivity contribution >= 4 is 11.7 Å². The van der Waals surface area contributed by atoms with Crippen LogP contribution in [0.1, 0.15) is 99.3 Å². The number of halogens is 8. The maximum absolute atomic E-state index is 14.8. The van der Waals surface area contributed by atoms with Gasteiger partial charge in [0, 0.05) is 11.1 Å². The third kappa shape index (κ3) is 6.26. The van der Waals surface area contributed by atoms with E-state index in [4.69, 9.17) is 0 Å². The minimum absolute atomic E-state index is 0.0435. The van der Waals surface area contributed by atoms with Crippen LogP contribution in [0.5, 0.6) is 0 Å². The molecular weight excluding hydrogens is 512 g/mol. The Balaban J connectivity index is 1.44. The van der Waals surface area contributed by atoms with Crippen LogP contribution in [0.25, 0.3) is 11.7 Å². The first-order valence-corrected chi connectivity index (χ1v) is 13.4. The van der Waals surface area contributed by atoms with Gasteiger partial charge in [0.15, 0.2) is 11.7 Å². The second kappa shape index (κ2) is 11.8. The highest BCUT2D eigenvalue weighted by atomic mass is 19.4. The minimum Gasteiger partial charge on any atom is -0.206 e. The molecule has 0 N–H and O–H groups in total. The van der Waals surface area contributed by atoms with E-state index in [0.717, 1.165) is 49.7 Å². The monoisotopic (exact) mass is 544 g/mol. The molecule has 0 aromatic heterocycles. The maximum Gasteiger partial charge on any atom is 0.422 e. The van der Waals surface area contributed by atoms with Gasteiger partial charge >= 0.3 is 6.18 Å². The lowest BCUT2D eigenvalue weighted by Crippen LogP contribution is -2.25. The summed E-state index contributed by atoms with van der Waals surface area (Å²) in [5.41, 5.74) is -3.37. The zero-order chi connectivity index (χ0) is 27.6. The van der Waals surface area contributed by atoms with Crippen LogP contribution in [-0.4, -0.2) is 0 Å². The zero-order valence-corrected chi connectivity index (χ0v) is 21.3. The molecule has 0 unspecified atom stereocenters. The summed E-state index contributed by atoms with van der Waals surface area (Å²) >= 11 is 0. The highest BCUT2D eigenvalue weighted by molar-refractivity contribution is 5.83. The normalized spacial score (nSPS) is 25.3. The molecule has 0 heterocycles. The van der Waals surface area contributed by atoms with Crippen molar-refractivity contribution in [1.82, 2.24) is 0 Å². The molecule has 0 aliphatic heterocycles. The Morgan fingerprint density at radius 1 is 0.737 bits per heavy atom. The molecule has 0 atom stereocenters. The van der Waals surface area contributed by atoms with E-state index in [9.17, 15) is 35.1 Å². The van der Waals surface area contributed by atoms with E-state index >= 15 is 0 Å². The van der Waals surface area contributed by atoms with Crippen molar-refractivity contribution < 1.29 is 35.1 Å². The molecule has 2 aliphatic rings. The van der Waals surface area contributed by atoms with E-state index in [0.29, 0.717) is 11.5 Å². The molecule has 4 rings (SSSR count). The fourth-order valence-corrected chi connectivity index (χ4v) is 6.46. The van der Waals surface area contributed by atoms with Crippen LogP contribution < -0.4 is 0 Å². The molecule has 0 radical (unpaired) electrons. The number of rotatable bonds is 6. The molecule has 2 aromatic rings. The van der Waals surface area contributed by atoms with E-state index < -0.39 is 52.0 Å². The van der Waals surface area contributed by atoms with Crippen LogP contribution >= 0.6 is 0 Å². The summed E-state index contributed by atoms with van der Waals surface area (Å²) in [7, 11) is 0. The van der Waals surface area contributed by atoms with Crippen molar-refractivity contribution in [3.8, 4) is 0 Å². The van der Waals surface area contributed by atoms with Crippen LogP contribution in [0.2, 0.25) is 0 Å². The van der Waals surface area contributed by atoms with Crippen molar-refractivity contribution in [2.45, 2.75) is 83.2 Å². The Bertz CT molecular complexity index is 1130. The smallest absolute Gasteiger partial charge is 0.206 e. The topological polar surface area (TPSA) is 0 Å². The highest BCUT2D eigenvalue weighted by Crippen LogP contribution is 2.45. The lowest BCUT2D eigenvalue weighted by molar-refractivity contribution is -0.142. The van der Waals surface area contributed by atoms with Gasteiger partial charge < -0.3 is 0 Å². The molecule has 2 saturated carbocycles. The molecular formula is C30H32F8. The molecule has 2 aliphatic carbocycles. The van der Waals surface area contributed by atoms with Crippen molar-refractivity contribution in [2.75, 3.05) is 0 Å². The second-order valence-corrected chi connectivity index (χ2v) is 10.9. The molecule has 208 valence electrons. The first-order valence-electron chi connectivity index (χ1n) is 13.4. The van der Waals surface area contributed by atoms with E-state index in [2.05, 4.69) is 6.92 Å². The Morgan fingerprint density at radius 3 is 1.79 bits per heavy atom. The van der Waals surface area contributed by atoms with Crippen LogP contribution in [-0.2, 0) is 6.18 Å². The Labute approximate surface area is 218 Å². The van der Waals surface area contributed by atoms with E-state index in [1.54, 1.807) is 0 Å². The van der Waals surface area contributed by atoms with Crippen LogP contribution in [0.3, 0.4) is 0 Å². The number of hydrogen-bond acceptors (Lipinski definition) is 0. The molecule has 0 nitrogen and oxygen atoms in total. The van der Waals surface area contributed by atoms with Gasteiger partial charge in [0.05, 0.1) is 0 Å². The van der Waals surface area contributed by atoms with Crippen LogP contribution in [0.15, 0.2) is 30.3 Å². The van der Waals surface area contributed by atoms with Crippen molar-refractivity contribution in [2.24, 2.45) is 17.8 Å². The van der Waals surface area contributed by atoms with Crippen molar-refractivity contribution in [1.29, 1.82) is 0 Å². The van der Waals surface area contributed by atoms with Gasteiger partial charge in [0.2, 0.25) is 0 Å². The molecule has 2 fully saturated rings. The van der Waals surface area contributed by atoms with Crippen LogP contribution in [0, 0.1) is 35.2 Å². The largest absolute Gasteiger partial charge is 0.422 e. The predicted octanol–water partition coefficient (Wildman–Crippen LogP) is 10.8. The highest BCUT2D eigenvalue weighted by Gasteiger charge is 2.38. The Kier molecular flexibility index (Phi) is 8.88. The minimum atomic E-state index is -5.35. The number of hydrogen-bond donors (Lipinski definition) is 0. The third-order valence-electron chi connectivity index (χ3n) is 8.50. The van der Waals surface area contributed by atoms with Gasteiger partial charge in [-0.25, -0.2) is 22.0 Å². The fraction of sp³-hybridized carbons (Fsp3) is 0.533. The fourth-order valence-electron chi connectivity index (χ4n) is 6.46. The number of benzene rings is 2. The van der Waals surface area contributed by atoms with E-state index in [1.165, 1.54) is 44.6 Å². The SMILES string of the molecule is CCCC1CCC(C2CCC(c3ccc(C(F)=C(F)c4cc(F)c(C(F)(F)F)c(F)c4)c(F)c3)CC2)CC1. The summed E-state index contributed by atoms with van der Waals surface area (Å²) in [6.07, 6.45) is 6.19. The lowest BCUT2D eigenvalue weighted by atomic mass is 9.68. The van der Waals surface area contributed by atoms with E-state index in [-0.39, 0.29) is 18.1 Å². The average molecular weight is 545 g/mol. The van der Waals surface area contributed by atoms with Crippen LogP contribution in [0.4, 0.5) is 35.1 Å². The first-order chi connectivity index (χ1) is 18.0. The molecule has 0 saturated heterocycles. The van der Waals surface area contributed by atoms with Crippen molar-refractivity contribution in [3.05, 3.63) is 70.0 Å². The molecule has 0 amide bonds.